The lowest BCUT2D eigenvalue weighted by atomic mass is 9.94. The summed E-state index contributed by atoms with van der Waals surface area (Å²) in [5, 5.41) is 1.09. The predicted molar refractivity (Wildman–Crippen MR) is 144 cm³/mol. The molecule has 180 valence electrons. The normalized spacial score (nSPS) is 14.4. The van der Waals surface area contributed by atoms with Crippen LogP contribution >= 0.6 is 0 Å². The van der Waals surface area contributed by atoms with Crippen LogP contribution in [0.2, 0.25) is 0 Å². The first-order valence-electron chi connectivity index (χ1n) is 12.9. The summed E-state index contributed by atoms with van der Waals surface area (Å²) in [6, 6.07) is 25.1. The summed E-state index contributed by atoms with van der Waals surface area (Å²) in [7, 11) is 0. The van der Waals surface area contributed by atoms with E-state index in [2.05, 4.69) is 41.0 Å². The Bertz CT molecular complexity index is 1550. The van der Waals surface area contributed by atoms with Gasteiger partial charge in [0.2, 0.25) is 0 Å². The van der Waals surface area contributed by atoms with Crippen molar-refractivity contribution in [3.05, 3.63) is 84.6 Å². The molecule has 0 atom stereocenters. The topological polar surface area (TPSA) is 57.0 Å². The molecule has 1 aliphatic rings. The second kappa shape index (κ2) is 9.57. The maximum Gasteiger partial charge on any atom is 0.338 e. The molecule has 2 aromatic heterocycles. The molecule has 2 heterocycles. The van der Waals surface area contributed by atoms with E-state index in [0.29, 0.717) is 18.2 Å². The fraction of sp³-hybridized carbons (Fsp3) is 0.258. The van der Waals surface area contributed by atoms with Crippen molar-refractivity contribution in [1.82, 2.24) is 14.5 Å². The van der Waals surface area contributed by atoms with Crippen molar-refractivity contribution in [3.8, 4) is 22.5 Å². The Kier molecular flexibility index (Phi) is 5.98. The van der Waals surface area contributed by atoms with Gasteiger partial charge >= 0.3 is 5.97 Å². The molecule has 0 aliphatic heterocycles. The molecule has 0 bridgehead atoms. The fourth-order valence-corrected chi connectivity index (χ4v) is 5.41. The third-order valence-electron chi connectivity index (χ3n) is 7.19. The minimum Gasteiger partial charge on any atom is -0.462 e. The van der Waals surface area contributed by atoms with Crippen LogP contribution in [-0.4, -0.2) is 27.1 Å². The van der Waals surface area contributed by atoms with Crippen LogP contribution in [-0.2, 0) is 4.74 Å². The maximum absolute atomic E-state index is 12.4. The van der Waals surface area contributed by atoms with Gasteiger partial charge in [0.15, 0.2) is 0 Å². The van der Waals surface area contributed by atoms with Crippen LogP contribution in [0.25, 0.3) is 44.5 Å². The average molecular weight is 476 g/mol. The first-order valence-corrected chi connectivity index (χ1v) is 12.9. The zero-order chi connectivity index (χ0) is 24.5. The van der Waals surface area contributed by atoms with Crippen molar-refractivity contribution in [3.63, 3.8) is 0 Å². The Morgan fingerprint density at radius 3 is 2.50 bits per heavy atom. The molecule has 0 spiro atoms. The lowest BCUT2D eigenvalue weighted by Gasteiger charge is -2.25. The smallest absolute Gasteiger partial charge is 0.338 e. The average Bonchev–Trinajstić information content (AvgIpc) is 3.32. The molecular weight excluding hydrogens is 446 g/mol. The van der Waals surface area contributed by atoms with Crippen LogP contribution in [0, 0.1) is 0 Å². The number of pyridine rings is 1. The lowest BCUT2D eigenvalue weighted by molar-refractivity contribution is 0.0526. The monoisotopic (exact) mass is 475 g/mol. The molecule has 5 heteroatoms. The molecule has 1 aliphatic carbocycles. The number of imidazole rings is 1. The number of fused-ring (bicyclic) bond motifs is 2. The van der Waals surface area contributed by atoms with Gasteiger partial charge in [-0.2, -0.15) is 0 Å². The standard InChI is InChI=1S/C31H29N3O2/c1-2-36-31(35)23-14-16-29-28(19-23)33-30(34(29)26-11-7-4-8-12-26)22-13-15-27-24(17-22)18-25(20-32-27)21-9-5-3-6-10-21/h3,5-6,9-10,13-20,26H,2,4,7-8,11-12H2,1H3. The third-order valence-corrected chi connectivity index (χ3v) is 7.19. The summed E-state index contributed by atoms with van der Waals surface area (Å²) >= 11 is 0. The van der Waals surface area contributed by atoms with Crippen molar-refractivity contribution in [2.75, 3.05) is 6.61 Å². The van der Waals surface area contributed by atoms with Gasteiger partial charge in [-0.05, 0) is 67.8 Å². The van der Waals surface area contributed by atoms with Crippen molar-refractivity contribution in [2.45, 2.75) is 45.1 Å². The van der Waals surface area contributed by atoms with E-state index in [9.17, 15) is 4.79 Å². The van der Waals surface area contributed by atoms with Gasteiger partial charge in [-0.3, -0.25) is 4.98 Å². The Labute approximate surface area is 210 Å². The van der Waals surface area contributed by atoms with E-state index in [1.54, 1.807) is 0 Å². The van der Waals surface area contributed by atoms with E-state index in [4.69, 9.17) is 14.7 Å². The molecule has 1 saturated carbocycles. The quantitative estimate of drug-likeness (QED) is 0.246. The number of esters is 1. The van der Waals surface area contributed by atoms with Gasteiger partial charge < -0.3 is 9.30 Å². The van der Waals surface area contributed by atoms with E-state index in [0.717, 1.165) is 57.3 Å². The Hall–Kier alpha value is -3.99. The van der Waals surface area contributed by atoms with E-state index in [-0.39, 0.29) is 5.97 Å². The van der Waals surface area contributed by atoms with E-state index in [1.165, 1.54) is 19.3 Å². The van der Waals surface area contributed by atoms with Crippen molar-refractivity contribution in [2.24, 2.45) is 0 Å². The molecular formula is C31H29N3O2. The van der Waals surface area contributed by atoms with Crippen LogP contribution in [0.4, 0.5) is 0 Å². The summed E-state index contributed by atoms with van der Waals surface area (Å²) in [6.07, 6.45) is 7.97. The molecule has 6 rings (SSSR count). The number of carbonyl (C=O) groups excluding carboxylic acids is 1. The molecule has 1 fully saturated rings. The predicted octanol–water partition coefficient (Wildman–Crippen LogP) is 7.60. The second-order valence-electron chi connectivity index (χ2n) is 9.52. The van der Waals surface area contributed by atoms with Gasteiger partial charge in [-0.15, -0.1) is 0 Å². The first kappa shape index (κ1) is 22.5. The van der Waals surface area contributed by atoms with Gasteiger partial charge in [-0.25, -0.2) is 9.78 Å². The van der Waals surface area contributed by atoms with Crippen LogP contribution in [0.3, 0.4) is 0 Å². The number of hydrogen-bond donors (Lipinski definition) is 0. The third kappa shape index (κ3) is 4.15. The molecule has 5 aromatic rings. The van der Waals surface area contributed by atoms with Crippen LogP contribution in [0.1, 0.15) is 55.4 Å². The first-order chi connectivity index (χ1) is 17.7. The molecule has 5 nitrogen and oxygen atoms in total. The molecule has 36 heavy (non-hydrogen) atoms. The number of nitrogens with zero attached hydrogens (tertiary/aromatic N) is 3. The van der Waals surface area contributed by atoms with E-state index in [1.807, 2.05) is 49.5 Å². The summed E-state index contributed by atoms with van der Waals surface area (Å²) in [6.45, 7) is 2.18. The summed E-state index contributed by atoms with van der Waals surface area (Å²) in [5.74, 6) is 0.642. The van der Waals surface area contributed by atoms with Gasteiger partial charge in [0, 0.05) is 28.8 Å². The van der Waals surface area contributed by atoms with Crippen LogP contribution in [0.5, 0.6) is 0 Å². The highest BCUT2D eigenvalue weighted by molar-refractivity contribution is 5.95. The zero-order valence-electron chi connectivity index (χ0n) is 20.5. The van der Waals surface area contributed by atoms with Gasteiger partial charge in [0.1, 0.15) is 5.82 Å². The van der Waals surface area contributed by atoms with Crippen molar-refractivity contribution < 1.29 is 9.53 Å². The minimum absolute atomic E-state index is 0.307. The Balaban J connectivity index is 1.49. The summed E-state index contributed by atoms with van der Waals surface area (Å²) in [4.78, 5) is 22.2. The fourth-order valence-electron chi connectivity index (χ4n) is 5.41. The lowest BCUT2D eigenvalue weighted by Crippen LogP contribution is -2.14. The molecule has 0 unspecified atom stereocenters. The number of ether oxygens (including phenoxy) is 1. The number of benzene rings is 3. The van der Waals surface area contributed by atoms with E-state index < -0.39 is 0 Å². The molecule has 0 radical (unpaired) electrons. The molecule has 0 amide bonds. The molecule has 0 N–H and O–H groups in total. The number of hydrogen-bond acceptors (Lipinski definition) is 4. The number of carbonyl (C=O) groups is 1. The zero-order valence-corrected chi connectivity index (χ0v) is 20.5. The highest BCUT2D eigenvalue weighted by atomic mass is 16.5. The summed E-state index contributed by atoms with van der Waals surface area (Å²) in [5.41, 5.74) is 6.72. The van der Waals surface area contributed by atoms with Gasteiger partial charge in [0.25, 0.3) is 0 Å². The largest absolute Gasteiger partial charge is 0.462 e. The van der Waals surface area contributed by atoms with Gasteiger partial charge in [0.05, 0.1) is 28.7 Å². The molecule has 0 saturated heterocycles. The molecule has 3 aromatic carbocycles. The van der Waals surface area contributed by atoms with E-state index >= 15 is 0 Å². The van der Waals surface area contributed by atoms with Gasteiger partial charge in [-0.1, -0.05) is 49.6 Å². The van der Waals surface area contributed by atoms with Crippen molar-refractivity contribution in [1.29, 1.82) is 0 Å². The highest BCUT2D eigenvalue weighted by Crippen LogP contribution is 2.37. The maximum atomic E-state index is 12.4. The summed E-state index contributed by atoms with van der Waals surface area (Å²) < 4.78 is 7.63. The van der Waals surface area contributed by atoms with Crippen LogP contribution < -0.4 is 0 Å². The SMILES string of the molecule is CCOC(=O)c1ccc2c(c1)nc(-c1ccc3ncc(-c4ccccc4)cc3c1)n2C1CCCCC1. The second-order valence-corrected chi connectivity index (χ2v) is 9.52. The highest BCUT2D eigenvalue weighted by Gasteiger charge is 2.23. The number of rotatable bonds is 5. The van der Waals surface area contributed by atoms with Crippen molar-refractivity contribution >= 4 is 27.9 Å². The minimum atomic E-state index is -0.307. The number of aromatic nitrogens is 3. The van der Waals surface area contributed by atoms with Crippen LogP contribution in [0.15, 0.2) is 79.0 Å². The Morgan fingerprint density at radius 2 is 1.69 bits per heavy atom. The Morgan fingerprint density at radius 1 is 0.889 bits per heavy atom.